The number of ketones is 1. The van der Waals surface area contributed by atoms with Crippen LogP contribution in [-0.4, -0.2) is 26.2 Å². The fraction of sp³-hybridized carbons (Fsp3) is 0.276. The summed E-state index contributed by atoms with van der Waals surface area (Å²) in [6.45, 7) is 5.25. The van der Waals surface area contributed by atoms with Gasteiger partial charge >= 0.3 is 0 Å². The monoisotopic (exact) mass is 518 g/mol. The van der Waals surface area contributed by atoms with Crippen LogP contribution < -0.4 is 10.9 Å². The number of hydrogen-bond acceptors (Lipinski definition) is 5. The lowest BCUT2D eigenvalue weighted by Gasteiger charge is -2.25. The van der Waals surface area contributed by atoms with Crippen LogP contribution in [0.1, 0.15) is 51.3 Å². The van der Waals surface area contributed by atoms with E-state index in [1.165, 1.54) is 42.3 Å². The molecule has 2 atom stereocenters. The van der Waals surface area contributed by atoms with E-state index in [1.54, 1.807) is 24.3 Å². The van der Waals surface area contributed by atoms with Crippen LogP contribution in [-0.2, 0) is 9.59 Å². The van der Waals surface area contributed by atoms with Gasteiger partial charge in [0, 0.05) is 24.4 Å². The second-order valence-corrected chi connectivity index (χ2v) is 9.69. The van der Waals surface area contributed by atoms with Gasteiger partial charge in [-0.2, -0.15) is 0 Å². The number of fused-ring (bicyclic) bond motifs is 1. The molecule has 0 saturated carbocycles. The molecule has 0 aliphatic heterocycles. The summed E-state index contributed by atoms with van der Waals surface area (Å²) in [6, 6.07) is 10.2. The second kappa shape index (κ2) is 11.4. The number of hydrogen-bond donors (Lipinski definition) is 1. The lowest BCUT2D eigenvalue weighted by molar-refractivity contribution is -0.126. The number of benzene rings is 2. The molecule has 196 valence electrons. The molecule has 9 heteroatoms. The molecule has 2 aromatic heterocycles. The van der Waals surface area contributed by atoms with Crippen molar-refractivity contribution in [3.05, 3.63) is 94.8 Å². The van der Waals surface area contributed by atoms with Gasteiger partial charge in [-0.1, -0.05) is 32.0 Å². The maximum atomic E-state index is 14.4. The molecule has 0 fully saturated rings. The largest absolute Gasteiger partial charge is 0.347 e. The number of Topliss-reactive ketones (excluding diaryl/α,β-unsaturated/α-hetero) is 1. The average Bonchev–Trinajstić information content (AvgIpc) is 2.87. The van der Waals surface area contributed by atoms with Crippen LogP contribution in [0.3, 0.4) is 0 Å². The van der Waals surface area contributed by atoms with Gasteiger partial charge in [-0.3, -0.25) is 23.9 Å². The average molecular weight is 519 g/mol. The molecule has 0 bridgehead atoms. The molecule has 2 heterocycles. The zero-order valence-corrected chi connectivity index (χ0v) is 21.3. The number of para-hydroxylation sites is 1. The molecule has 0 aliphatic carbocycles. The molecule has 0 spiro atoms. The summed E-state index contributed by atoms with van der Waals surface area (Å²) in [5, 5.41) is 3.27. The SMILES string of the molecule is CC(=O)C[C@H](NC(=O)[C@H](CC(C)C)n1cnc2ccccc2c1=O)c1cncc(-c2c(F)cccc2F)c1. The molecular formula is C29H28F2N4O3. The Morgan fingerprint density at radius 3 is 2.42 bits per heavy atom. The highest BCUT2D eigenvalue weighted by molar-refractivity contribution is 5.83. The summed E-state index contributed by atoms with van der Waals surface area (Å²) in [5.74, 6) is -2.13. The van der Waals surface area contributed by atoms with E-state index in [4.69, 9.17) is 0 Å². The first-order valence-electron chi connectivity index (χ1n) is 12.3. The molecular weight excluding hydrogens is 490 g/mol. The first kappa shape index (κ1) is 26.8. The third-order valence-corrected chi connectivity index (χ3v) is 6.24. The van der Waals surface area contributed by atoms with Gasteiger partial charge in [0.2, 0.25) is 5.91 Å². The summed E-state index contributed by atoms with van der Waals surface area (Å²) in [4.78, 5) is 47.5. The Kier molecular flexibility index (Phi) is 8.05. The Bertz CT molecular complexity index is 1530. The first-order chi connectivity index (χ1) is 18.2. The summed E-state index contributed by atoms with van der Waals surface area (Å²) in [7, 11) is 0. The maximum Gasteiger partial charge on any atom is 0.261 e. The Hall–Kier alpha value is -4.27. The van der Waals surface area contributed by atoms with Crippen molar-refractivity contribution in [3.8, 4) is 11.1 Å². The smallest absolute Gasteiger partial charge is 0.261 e. The lowest BCUT2D eigenvalue weighted by Crippen LogP contribution is -2.40. The van der Waals surface area contributed by atoms with Crippen molar-refractivity contribution >= 4 is 22.6 Å². The minimum atomic E-state index is -0.894. The fourth-order valence-electron chi connectivity index (χ4n) is 4.46. The summed E-state index contributed by atoms with van der Waals surface area (Å²) in [5.41, 5.74) is 0.505. The van der Waals surface area contributed by atoms with Gasteiger partial charge in [-0.05, 0) is 55.2 Å². The molecule has 4 rings (SSSR count). The summed E-state index contributed by atoms with van der Waals surface area (Å²) >= 11 is 0. The van der Waals surface area contributed by atoms with Gasteiger partial charge in [0.25, 0.3) is 5.56 Å². The number of carbonyl (C=O) groups is 2. The van der Waals surface area contributed by atoms with Crippen molar-refractivity contribution in [2.45, 2.75) is 45.7 Å². The van der Waals surface area contributed by atoms with Gasteiger partial charge in [0.05, 0.1) is 28.8 Å². The molecule has 0 aliphatic rings. The van der Waals surface area contributed by atoms with Gasteiger partial charge in [-0.25, -0.2) is 13.8 Å². The molecule has 2 aromatic carbocycles. The number of amides is 1. The molecule has 38 heavy (non-hydrogen) atoms. The molecule has 0 radical (unpaired) electrons. The Labute approximate surface area is 218 Å². The molecule has 1 N–H and O–H groups in total. The highest BCUT2D eigenvalue weighted by atomic mass is 19.1. The van der Waals surface area contributed by atoms with Crippen molar-refractivity contribution in [2.24, 2.45) is 5.92 Å². The van der Waals surface area contributed by atoms with E-state index in [0.29, 0.717) is 22.9 Å². The Morgan fingerprint density at radius 2 is 1.74 bits per heavy atom. The minimum Gasteiger partial charge on any atom is -0.347 e. The molecule has 1 amide bonds. The molecule has 7 nitrogen and oxygen atoms in total. The van der Waals surface area contributed by atoms with Gasteiger partial charge < -0.3 is 5.32 Å². The van der Waals surface area contributed by atoms with Gasteiger partial charge in [0.15, 0.2) is 0 Å². The van der Waals surface area contributed by atoms with E-state index < -0.39 is 29.6 Å². The van der Waals surface area contributed by atoms with Crippen LogP contribution in [0.4, 0.5) is 8.78 Å². The number of aromatic nitrogens is 3. The third kappa shape index (κ3) is 5.82. The van der Waals surface area contributed by atoms with E-state index in [-0.39, 0.29) is 34.8 Å². The zero-order valence-electron chi connectivity index (χ0n) is 21.3. The van der Waals surface area contributed by atoms with Crippen LogP contribution >= 0.6 is 0 Å². The number of nitrogens with one attached hydrogen (secondary N) is 1. The van der Waals surface area contributed by atoms with Crippen molar-refractivity contribution in [2.75, 3.05) is 0 Å². The van der Waals surface area contributed by atoms with Crippen LogP contribution in [0.2, 0.25) is 0 Å². The summed E-state index contributed by atoms with van der Waals surface area (Å²) < 4.78 is 30.2. The van der Waals surface area contributed by atoms with Gasteiger partial charge in [-0.15, -0.1) is 0 Å². The second-order valence-electron chi connectivity index (χ2n) is 9.69. The zero-order chi connectivity index (χ0) is 27.4. The van der Waals surface area contributed by atoms with E-state index in [9.17, 15) is 23.2 Å². The molecule has 0 unspecified atom stereocenters. The van der Waals surface area contributed by atoms with Crippen molar-refractivity contribution in [1.82, 2.24) is 19.9 Å². The number of nitrogens with zero attached hydrogens (tertiary/aromatic N) is 3. The summed E-state index contributed by atoms with van der Waals surface area (Å²) in [6.07, 6.45) is 4.39. The van der Waals surface area contributed by atoms with Crippen LogP contribution in [0.5, 0.6) is 0 Å². The van der Waals surface area contributed by atoms with Crippen LogP contribution in [0.15, 0.2) is 72.0 Å². The predicted molar refractivity (Wildman–Crippen MR) is 140 cm³/mol. The number of rotatable bonds is 9. The van der Waals surface area contributed by atoms with Crippen LogP contribution in [0, 0.1) is 17.6 Å². The number of halogens is 2. The normalized spacial score (nSPS) is 12.9. The number of carbonyl (C=O) groups excluding carboxylic acids is 2. The van der Waals surface area contributed by atoms with E-state index in [2.05, 4.69) is 15.3 Å². The third-order valence-electron chi connectivity index (χ3n) is 6.24. The van der Waals surface area contributed by atoms with Crippen molar-refractivity contribution in [1.29, 1.82) is 0 Å². The van der Waals surface area contributed by atoms with Crippen molar-refractivity contribution in [3.63, 3.8) is 0 Å². The lowest BCUT2D eigenvalue weighted by atomic mass is 9.97. The molecule has 0 saturated heterocycles. The van der Waals surface area contributed by atoms with Gasteiger partial charge in [0.1, 0.15) is 23.5 Å². The van der Waals surface area contributed by atoms with E-state index in [1.807, 2.05) is 13.8 Å². The standard InChI is InChI=1S/C29H28F2N4O3/c1-17(2)11-26(35-16-33-24-10-5-4-7-21(24)29(35)38)28(37)34-25(12-18(3)36)19-13-20(15-32-14-19)27-22(30)8-6-9-23(27)31/h4-10,13-17,25-26H,11-12H2,1-3H3,(H,34,37)/t25-,26-/m0/s1. The molecule has 4 aromatic rings. The minimum absolute atomic E-state index is 0.0596. The Morgan fingerprint density at radius 1 is 1.03 bits per heavy atom. The van der Waals surface area contributed by atoms with E-state index in [0.717, 1.165) is 12.1 Å². The number of pyridine rings is 1. The highest BCUT2D eigenvalue weighted by Crippen LogP contribution is 2.29. The highest BCUT2D eigenvalue weighted by Gasteiger charge is 2.27. The Balaban J connectivity index is 1.71. The quantitative estimate of drug-likeness (QED) is 0.330. The first-order valence-corrected chi connectivity index (χ1v) is 12.3. The fourth-order valence-corrected chi connectivity index (χ4v) is 4.46. The predicted octanol–water partition coefficient (Wildman–Crippen LogP) is 5.16. The van der Waals surface area contributed by atoms with E-state index >= 15 is 0 Å². The maximum absolute atomic E-state index is 14.4. The topological polar surface area (TPSA) is 94.0 Å². The van der Waals surface area contributed by atoms with Crippen molar-refractivity contribution < 1.29 is 18.4 Å². The van der Waals surface area contributed by atoms with Crippen LogP contribution in [0.25, 0.3) is 22.0 Å².